The number of unbranched alkanes of at least 4 members (excludes halogenated alkanes) is 6. The van der Waals surface area contributed by atoms with Crippen molar-refractivity contribution in [3.8, 4) is 0 Å². The fraction of sp³-hybridized carbons (Fsp3) is 1.00. The number of nitrogens with zero attached hydrogens (tertiary/aromatic N) is 1. The van der Waals surface area contributed by atoms with Crippen LogP contribution in [0.4, 0.5) is 0 Å². The zero-order valence-electron chi connectivity index (χ0n) is 11.8. The Labute approximate surface area is 116 Å². The summed E-state index contributed by atoms with van der Waals surface area (Å²) in [6, 6.07) is 0.828. The highest BCUT2D eigenvalue weighted by Crippen LogP contribution is 2.34. The molecule has 17 heavy (non-hydrogen) atoms. The van der Waals surface area contributed by atoms with Crippen LogP contribution in [0.3, 0.4) is 0 Å². The van der Waals surface area contributed by atoms with Crippen molar-refractivity contribution in [1.29, 1.82) is 0 Å². The summed E-state index contributed by atoms with van der Waals surface area (Å²) in [5, 5.41) is 1.18. The van der Waals surface area contributed by atoms with E-state index >= 15 is 0 Å². The Morgan fingerprint density at radius 1 is 1.00 bits per heavy atom. The molecule has 0 aromatic heterocycles. The second kappa shape index (κ2) is 9.38. The van der Waals surface area contributed by atoms with Crippen LogP contribution < -0.4 is 0 Å². The van der Waals surface area contributed by atoms with Crippen LogP contribution in [0.25, 0.3) is 0 Å². The Hall–Kier alpha value is 0.440. The molecule has 1 fully saturated rings. The topological polar surface area (TPSA) is 3.24 Å². The predicted molar refractivity (Wildman–Crippen MR) is 80.9 cm³/mol. The molecular formula is C15H30BrN. The number of hydrogen-bond donors (Lipinski definition) is 0. The summed E-state index contributed by atoms with van der Waals surface area (Å²) in [6.45, 7) is 3.71. The first-order valence-electron chi connectivity index (χ1n) is 7.52. The lowest BCUT2D eigenvalue weighted by Gasteiger charge is -2.24. The summed E-state index contributed by atoms with van der Waals surface area (Å²) in [6.07, 6.45) is 12.8. The SMILES string of the molecule is CC(C1CC1)N(C)CCCCCCCCCBr. The average molecular weight is 304 g/mol. The summed E-state index contributed by atoms with van der Waals surface area (Å²) in [5.74, 6) is 1.02. The van der Waals surface area contributed by atoms with Gasteiger partial charge in [0.05, 0.1) is 0 Å². The van der Waals surface area contributed by atoms with E-state index in [4.69, 9.17) is 0 Å². The fourth-order valence-electron chi connectivity index (χ4n) is 2.48. The summed E-state index contributed by atoms with van der Waals surface area (Å²) >= 11 is 3.48. The number of rotatable bonds is 11. The second-order valence-corrected chi connectivity index (χ2v) is 6.52. The van der Waals surface area contributed by atoms with Crippen LogP contribution in [0, 0.1) is 5.92 Å². The van der Waals surface area contributed by atoms with E-state index in [0.717, 1.165) is 12.0 Å². The van der Waals surface area contributed by atoms with E-state index in [-0.39, 0.29) is 0 Å². The van der Waals surface area contributed by atoms with Gasteiger partial charge in [-0.2, -0.15) is 0 Å². The minimum Gasteiger partial charge on any atom is -0.303 e. The Balaban J connectivity index is 1.83. The monoisotopic (exact) mass is 303 g/mol. The van der Waals surface area contributed by atoms with E-state index in [1.807, 2.05) is 0 Å². The van der Waals surface area contributed by atoms with Crippen molar-refractivity contribution >= 4 is 15.9 Å². The standard InChI is InChI=1S/C15H30BrN/c1-14(15-10-11-15)17(2)13-9-7-5-3-4-6-8-12-16/h14-15H,3-13H2,1-2H3. The lowest BCUT2D eigenvalue weighted by molar-refractivity contribution is 0.229. The molecule has 0 aromatic rings. The predicted octanol–water partition coefficient (Wildman–Crippen LogP) is 4.84. The van der Waals surface area contributed by atoms with E-state index in [1.165, 1.54) is 69.7 Å². The molecule has 0 aliphatic heterocycles. The van der Waals surface area contributed by atoms with Crippen LogP contribution in [0.5, 0.6) is 0 Å². The molecule has 0 bridgehead atoms. The van der Waals surface area contributed by atoms with Crippen LogP contribution in [0.2, 0.25) is 0 Å². The van der Waals surface area contributed by atoms with Crippen LogP contribution in [-0.4, -0.2) is 29.9 Å². The van der Waals surface area contributed by atoms with E-state index in [0.29, 0.717) is 0 Å². The molecular weight excluding hydrogens is 274 g/mol. The molecule has 2 heteroatoms. The number of hydrogen-bond acceptors (Lipinski definition) is 1. The Morgan fingerprint density at radius 3 is 2.06 bits per heavy atom. The van der Waals surface area contributed by atoms with Crippen LogP contribution in [0.1, 0.15) is 64.7 Å². The van der Waals surface area contributed by atoms with Crippen molar-refractivity contribution in [3.63, 3.8) is 0 Å². The molecule has 0 amide bonds. The number of alkyl halides is 1. The lowest BCUT2D eigenvalue weighted by atomic mass is 10.1. The molecule has 102 valence electrons. The molecule has 1 rings (SSSR count). The maximum atomic E-state index is 3.48. The molecule has 0 radical (unpaired) electrons. The molecule has 1 unspecified atom stereocenters. The molecule has 0 spiro atoms. The van der Waals surface area contributed by atoms with Crippen LogP contribution in [0.15, 0.2) is 0 Å². The van der Waals surface area contributed by atoms with E-state index in [2.05, 4.69) is 34.8 Å². The normalized spacial score (nSPS) is 17.6. The lowest BCUT2D eigenvalue weighted by Crippen LogP contribution is -2.31. The summed E-state index contributed by atoms with van der Waals surface area (Å²) in [7, 11) is 2.30. The molecule has 0 N–H and O–H groups in total. The minimum atomic E-state index is 0.828. The third-order valence-electron chi connectivity index (χ3n) is 4.14. The molecule has 0 heterocycles. The van der Waals surface area contributed by atoms with Gasteiger partial charge in [0.15, 0.2) is 0 Å². The van der Waals surface area contributed by atoms with Crippen molar-refractivity contribution < 1.29 is 0 Å². The fourth-order valence-corrected chi connectivity index (χ4v) is 2.88. The molecule has 1 aliphatic carbocycles. The van der Waals surface area contributed by atoms with E-state index in [9.17, 15) is 0 Å². The van der Waals surface area contributed by atoms with Crippen LogP contribution in [-0.2, 0) is 0 Å². The zero-order valence-corrected chi connectivity index (χ0v) is 13.3. The van der Waals surface area contributed by atoms with E-state index in [1.54, 1.807) is 0 Å². The minimum absolute atomic E-state index is 0.828. The van der Waals surface area contributed by atoms with Crippen molar-refractivity contribution in [3.05, 3.63) is 0 Å². The highest BCUT2D eigenvalue weighted by atomic mass is 79.9. The van der Waals surface area contributed by atoms with Crippen molar-refractivity contribution in [1.82, 2.24) is 4.90 Å². The second-order valence-electron chi connectivity index (χ2n) is 5.72. The summed E-state index contributed by atoms with van der Waals surface area (Å²) in [4.78, 5) is 2.57. The van der Waals surface area contributed by atoms with Crippen LogP contribution >= 0.6 is 15.9 Å². The first kappa shape index (κ1) is 15.5. The van der Waals surface area contributed by atoms with Gasteiger partial charge >= 0.3 is 0 Å². The van der Waals surface area contributed by atoms with Gasteiger partial charge in [0, 0.05) is 11.4 Å². The first-order chi connectivity index (χ1) is 8.25. The highest BCUT2D eigenvalue weighted by Gasteiger charge is 2.29. The molecule has 1 aliphatic rings. The van der Waals surface area contributed by atoms with Gasteiger partial charge in [-0.05, 0) is 52.1 Å². The summed E-state index contributed by atoms with van der Waals surface area (Å²) in [5.41, 5.74) is 0. The van der Waals surface area contributed by atoms with Crippen molar-refractivity contribution in [2.75, 3.05) is 18.9 Å². The van der Waals surface area contributed by atoms with Gasteiger partial charge in [0.25, 0.3) is 0 Å². The van der Waals surface area contributed by atoms with Gasteiger partial charge in [-0.1, -0.05) is 48.0 Å². The molecule has 0 saturated heterocycles. The average Bonchev–Trinajstić information content (AvgIpc) is 3.15. The smallest absolute Gasteiger partial charge is 0.00921 e. The number of halogens is 1. The Bertz CT molecular complexity index is 180. The Morgan fingerprint density at radius 2 is 1.53 bits per heavy atom. The molecule has 1 nitrogen and oxygen atoms in total. The van der Waals surface area contributed by atoms with Gasteiger partial charge in [-0.25, -0.2) is 0 Å². The Kier molecular flexibility index (Phi) is 8.55. The molecule has 0 aromatic carbocycles. The highest BCUT2D eigenvalue weighted by molar-refractivity contribution is 9.09. The van der Waals surface area contributed by atoms with Crippen molar-refractivity contribution in [2.24, 2.45) is 5.92 Å². The third-order valence-corrected chi connectivity index (χ3v) is 4.70. The maximum absolute atomic E-state index is 3.48. The van der Waals surface area contributed by atoms with Gasteiger partial charge in [-0.15, -0.1) is 0 Å². The van der Waals surface area contributed by atoms with Gasteiger partial charge in [-0.3, -0.25) is 0 Å². The van der Waals surface area contributed by atoms with Gasteiger partial charge in [0.2, 0.25) is 0 Å². The van der Waals surface area contributed by atoms with Gasteiger partial charge < -0.3 is 4.90 Å². The quantitative estimate of drug-likeness (QED) is 0.390. The van der Waals surface area contributed by atoms with Crippen molar-refractivity contribution in [2.45, 2.75) is 70.8 Å². The molecule has 1 atom stereocenters. The first-order valence-corrected chi connectivity index (χ1v) is 8.64. The third kappa shape index (κ3) is 7.46. The maximum Gasteiger partial charge on any atom is 0.00921 e. The van der Waals surface area contributed by atoms with Gasteiger partial charge in [0.1, 0.15) is 0 Å². The zero-order chi connectivity index (χ0) is 12.5. The van der Waals surface area contributed by atoms with E-state index < -0.39 is 0 Å². The summed E-state index contributed by atoms with van der Waals surface area (Å²) < 4.78 is 0. The largest absolute Gasteiger partial charge is 0.303 e. The molecule has 1 saturated carbocycles.